The van der Waals surface area contributed by atoms with E-state index in [1.54, 1.807) is 44.6 Å². The number of anilines is 1. The minimum Gasteiger partial charge on any atom is -0.497 e. The van der Waals surface area contributed by atoms with Crippen LogP contribution in [0.4, 0.5) is 5.69 Å². The molecule has 0 heterocycles. The number of amides is 2. The number of rotatable bonds is 8. The molecule has 1 fully saturated rings. The van der Waals surface area contributed by atoms with Gasteiger partial charge in [-0.3, -0.25) is 9.59 Å². The summed E-state index contributed by atoms with van der Waals surface area (Å²) in [6.07, 6.45) is 6.71. The number of carbonyl (C=O) groups is 2. The number of methoxy groups -OCH3 is 2. The molecule has 6 nitrogen and oxygen atoms in total. The Morgan fingerprint density at radius 1 is 0.968 bits per heavy atom. The van der Waals surface area contributed by atoms with Crippen LogP contribution in [-0.4, -0.2) is 44.0 Å². The van der Waals surface area contributed by atoms with E-state index in [9.17, 15) is 9.59 Å². The Morgan fingerprint density at radius 2 is 1.58 bits per heavy atom. The van der Waals surface area contributed by atoms with E-state index in [-0.39, 0.29) is 11.8 Å². The Balaban J connectivity index is 1.53. The summed E-state index contributed by atoms with van der Waals surface area (Å²) in [5.41, 5.74) is 2.30. The summed E-state index contributed by atoms with van der Waals surface area (Å²) in [5.74, 6) is 1.36. The first-order valence-electron chi connectivity index (χ1n) is 10.9. The summed E-state index contributed by atoms with van der Waals surface area (Å²) in [6.45, 7) is 0. The summed E-state index contributed by atoms with van der Waals surface area (Å²) >= 11 is 0. The summed E-state index contributed by atoms with van der Waals surface area (Å²) in [5, 5.41) is 2.90. The lowest BCUT2D eigenvalue weighted by atomic mass is 9.94. The summed E-state index contributed by atoms with van der Waals surface area (Å²) in [4.78, 5) is 27.0. The number of aryl methyl sites for hydroxylation is 1. The van der Waals surface area contributed by atoms with Crippen molar-refractivity contribution in [2.24, 2.45) is 0 Å². The molecule has 2 aromatic carbocycles. The average Bonchev–Trinajstić information content (AvgIpc) is 2.82. The van der Waals surface area contributed by atoms with Crippen molar-refractivity contribution in [2.45, 2.75) is 51.0 Å². The Bertz CT molecular complexity index is 867. The van der Waals surface area contributed by atoms with Crippen molar-refractivity contribution in [3.8, 4) is 11.5 Å². The predicted molar refractivity (Wildman–Crippen MR) is 122 cm³/mol. The first kappa shape index (κ1) is 22.7. The number of hydrogen-bond acceptors (Lipinski definition) is 4. The molecular weight excluding hydrogens is 392 g/mol. The fourth-order valence-electron chi connectivity index (χ4n) is 4.03. The predicted octanol–water partition coefficient (Wildman–Crippen LogP) is 4.68. The molecular formula is C25H32N2O4. The van der Waals surface area contributed by atoms with Crippen LogP contribution in [0.1, 0.15) is 54.4 Å². The van der Waals surface area contributed by atoms with E-state index in [1.807, 2.05) is 24.1 Å². The molecule has 2 amide bonds. The molecule has 3 rings (SSSR count). The largest absolute Gasteiger partial charge is 0.497 e. The van der Waals surface area contributed by atoms with Crippen LogP contribution < -0.4 is 14.8 Å². The molecule has 0 aromatic heterocycles. The maximum absolute atomic E-state index is 12.8. The van der Waals surface area contributed by atoms with E-state index in [4.69, 9.17) is 9.47 Å². The first-order chi connectivity index (χ1) is 15.0. The molecule has 0 unspecified atom stereocenters. The van der Waals surface area contributed by atoms with Crippen LogP contribution in [0.15, 0.2) is 42.5 Å². The minimum atomic E-state index is -0.0832. The van der Waals surface area contributed by atoms with Gasteiger partial charge < -0.3 is 19.7 Å². The molecule has 0 aliphatic heterocycles. The Morgan fingerprint density at radius 3 is 2.16 bits per heavy atom. The lowest BCUT2D eigenvalue weighted by Gasteiger charge is -2.31. The van der Waals surface area contributed by atoms with E-state index in [2.05, 4.69) is 5.32 Å². The molecule has 0 bridgehead atoms. The van der Waals surface area contributed by atoms with E-state index < -0.39 is 0 Å². The third-order valence-electron chi connectivity index (χ3n) is 5.91. The summed E-state index contributed by atoms with van der Waals surface area (Å²) < 4.78 is 10.5. The first-order valence-corrected chi connectivity index (χ1v) is 10.9. The summed E-state index contributed by atoms with van der Waals surface area (Å²) in [6, 6.07) is 13.1. The van der Waals surface area contributed by atoms with E-state index in [1.165, 1.54) is 19.3 Å². The van der Waals surface area contributed by atoms with Gasteiger partial charge in [-0.25, -0.2) is 0 Å². The fraction of sp³-hybridized carbons (Fsp3) is 0.440. The highest BCUT2D eigenvalue weighted by Gasteiger charge is 2.22. The van der Waals surface area contributed by atoms with Crippen molar-refractivity contribution >= 4 is 17.5 Å². The van der Waals surface area contributed by atoms with Gasteiger partial charge in [0.05, 0.1) is 14.2 Å². The number of ether oxygens (including phenoxy) is 2. The van der Waals surface area contributed by atoms with E-state index >= 15 is 0 Å². The van der Waals surface area contributed by atoms with Crippen molar-refractivity contribution < 1.29 is 19.1 Å². The van der Waals surface area contributed by atoms with Gasteiger partial charge in [0.25, 0.3) is 5.91 Å². The molecule has 2 aromatic rings. The van der Waals surface area contributed by atoms with Crippen LogP contribution >= 0.6 is 0 Å². The third-order valence-corrected chi connectivity index (χ3v) is 5.91. The second kappa shape index (κ2) is 10.8. The molecule has 1 N–H and O–H groups in total. The normalized spacial score (nSPS) is 14.0. The smallest absolute Gasteiger partial charge is 0.253 e. The molecule has 1 saturated carbocycles. The van der Waals surface area contributed by atoms with Gasteiger partial charge in [-0.05, 0) is 61.2 Å². The summed E-state index contributed by atoms with van der Waals surface area (Å²) in [7, 11) is 5.10. The maximum Gasteiger partial charge on any atom is 0.253 e. The van der Waals surface area contributed by atoms with Crippen molar-refractivity contribution in [3.63, 3.8) is 0 Å². The third kappa shape index (κ3) is 6.23. The zero-order valence-electron chi connectivity index (χ0n) is 18.6. The standard InChI is InChI=1S/C25H32N2O4/c1-27(21-7-5-4-6-8-21)25(29)19-10-12-20(13-11-19)26-24(28)14-9-18-15-22(30-2)17-23(16-18)31-3/h10-13,15-17,21H,4-9,14H2,1-3H3,(H,26,28). The highest BCUT2D eigenvalue weighted by molar-refractivity contribution is 5.96. The van der Waals surface area contributed by atoms with E-state index in [0.29, 0.717) is 41.6 Å². The zero-order chi connectivity index (χ0) is 22.2. The number of nitrogens with zero attached hydrogens (tertiary/aromatic N) is 1. The van der Waals surface area contributed by atoms with Gasteiger partial charge in [-0.1, -0.05) is 19.3 Å². The molecule has 1 aliphatic carbocycles. The second-order valence-electron chi connectivity index (χ2n) is 8.05. The molecule has 0 atom stereocenters. The van der Waals surface area contributed by atoms with Crippen LogP contribution in [0, 0.1) is 0 Å². The van der Waals surface area contributed by atoms with Crippen LogP contribution in [0.2, 0.25) is 0 Å². The van der Waals surface area contributed by atoms with Gasteiger partial charge in [-0.15, -0.1) is 0 Å². The Kier molecular flexibility index (Phi) is 7.93. The SMILES string of the molecule is COc1cc(CCC(=O)Nc2ccc(C(=O)N(C)C3CCCCC3)cc2)cc(OC)c1. The number of benzene rings is 2. The molecule has 0 saturated heterocycles. The quantitative estimate of drug-likeness (QED) is 0.668. The van der Waals surface area contributed by atoms with Gasteiger partial charge in [-0.2, -0.15) is 0 Å². The van der Waals surface area contributed by atoms with Crippen LogP contribution in [-0.2, 0) is 11.2 Å². The van der Waals surface area contributed by atoms with Gasteiger partial charge in [0.2, 0.25) is 5.91 Å². The number of carbonyl (C=O) groups excluding carboxylic acids is 2. The van der Waals surface area contributed by atoms with E-state index in [0.717, 1.165) is 18.4 Å². The van der Waals surface area contributed by atoms with Gasteiger partial charge in [0, 0.05) is 36.8 Å². The second-order valence-corrected chi connectivity index (χ2v) is 8.05. The highest BCUT2D eigenvalue weighted by atomic mass is 16.5. The lowest BCUT2D eigenvalue weighted by Crippen LogP contribution is -2.38. The average molecular weight is 425 g/mol. The molecule has 166 valence electrons. The van der Waals surface area contributed by atoms with Crippen LogP contribution in [0.5, 0.6) is 11.5 Å². The maximum atomic E-state index is 12.8. The van der Waals surface area contributed by atoms with Crippen molar-refractivity contribution in [1.29, 1.82) is 0 Å². The lowest BCUT2D eigenvalue weighted by molar-refractivity contribution is -0.116. The van der Waals surface area contributed by atoms with Gasteiger partial charge in [0.15, 0.2) is 0 Å². The number of hydrogen-bond donors (Lipinski definition) is 1. The zero-order valence-corrected chi connectivity index (χ0v) is 18.6. The Labute approximate surface area is 184 Å². The van der Waals surface area contributed by atoms with Crippen LogP contribution in [0.25, 0.3) is 0 Å². The van der Waals surface area contributed by atoms with Crippen molar-refractivity contribution in [1.82, 2.24) is 4.90 Å². The molecule has 0 radical (unpaired) electrons. The molecule has 0 spiro atoms. The molecule has 1 aliphatic rings. The van der Waals surface area contributed by atoms with Crippen molar-refractivity contribution in [2.75, 3.05) is 26.6 Å². The van der Waals surface area contributed by atoms with Crippen LogP contribution in [0.3, 0.4) is 0 Å². The van der Waals surface area contributed by atoms with Gasteiger partial charge in [0.1, 0.15) is 11.5 Å². The Hall–Kier alpha value is -3.02. The van der Waals surface area contributed by atoms with Crippen molar-refractivity contribution in [3.05, 3.63) is 53.6 Å². The topological polar surface area (TPSA) is 67.9 Å². The fourth-order valence-corrected chi connectivity index (χ4v) is 4.03. The molecule has 31 heavy (non-hydrogen) atoms. The minimum absolute atomic E-state index is 0.0387. The highest BCUT2D eigenvalue weighted by Crippen LogP contribution is 2.24. The molecule has 6 heteroatoms. The monoisotopic (exact) mass is 424 g/mol. The van der Waals surface area contributed by atoms with Gasteiger partial charge >= 0.3 is 0 Å². The number of nitrogens with one attached hydrogen (secondary N) is 1.